The molecule has 7 nitrogen and oxygen atoms in total. The fourth-order valence-electron chi connectivity index (χ4n) is 2.08. The third kappa shape index (κ3) is 5.53. The van der Waals surface area contributed by atoms with Gasteiger partial charge in [-0.25, -0.2) is 13.1 Å². The zero-order chi connectivity index (χ0) is 19.0. The minimum atomic E-state index is -3.98. The van der Waals surface area contributed by atoms with Gasteiger partial charge in [0.1, 0.15) is 5.75 Å². The van der Waals surface area contributed by atoms with Gasteiger partial charge in [-0.05, 0) is 42.8 Å². The van der Waals surface area contributed by atoms with Crippen LogP contribution in [0.4, 0.5) is 0 Å². The maximum absolute atomic E-state index is 12.3. The standard InChI is InChI=1S/C18H22N2O5S/c1-3-4-11-25-16-7-9-17(10-8-16)26(22,23)20-18(21)14-5-6-15(13-24-2)19-12-14/h5-10,12H,3-4,11,13H2,1-2H3,(H,20,21). The van der Waals surface area contributed by atoms with Crippen molar-refractivity contribution in [3.05, 3.63) is 53.9 Å². The van der Waals surface area contributed by atoms with Crippen molar-refractivity contribution in [1.29, 1.82) is 0 Å². The third-order valence-electron chi connectivity index (χ3n) is 3.51. The Morgan fingerprint density at radius 1 is 1.15 bits per heavy atom. The SMILES string of the molecule is CCCCOc1ccc(S(=O)(=O)NC(=O)c2ccc(COC)nc2)cc1. The summed E-state index contributed by atoms with van der Waals surface area (Å²) in [6, 6.07) is 9.03. The number of ether oxygens (including phenoxy) is 2. The van der Waals surface area contributed by atoms with E-state index in [4.69, 9.17) is 9.47 Å². The monoisotopic (exact) mass is 378 g/mol. The topological polar surface area (TPSA) is 94.6 Å². The second-order valence-electron chi connectivity index (χ2n) is 5.58. The lowest BCUT2D eigenvalue weighted by molar-refractivity contribution is 0.0981. The fraction of sp³-hybridized carbons (Fsp3) is 0.333. The van der Waals surface area contributed by atoms with Crippen LogP contribution in [0.5, 0.6) is 5.75 Å². The number of nitrogens with one attached hydrogen (secondary N) is 1. The van der Waals surface area contributed by atoms with Gasteiger partial charge in [-0.2, -0.15) is 0 Å². The summed E-state index contributed by atoms with van der Waals surface area (Å²) in [5, 5.41) is 0. The zero-order valence-electron chi connectivity index (χ0n) is 14.8. The summed E-state index contributed by atoms with van der Waals surface area (Å²) < 4.78 is 37.2. The summed E-state index contributed by atoms with van der Waals surface area (Å²) in [6.45, 7) is 2.95. The first-order chi connectivity index (χ1) is 12.5. The molecule has 2 rings (SSSR count). The molecular formula is C18H22N2O5S. The predicted molar refractivity (Wildman–Crippen MR) is 96.4 cm³/mol. The van der Waals surface area contributed by atoms with Crippen molar-refractivity contribution in [1.82, 2.24) is 9.71 Å². The summed E-state index contributed by atoms with van der Waals surface area (Å²) in [4.78, 5) is 16.2. The number of pyridine rings is 1. The summed E-state index contributed by atoms with van der Waals surface area (Å²) in [5.74, 6) is -0.161. The van der Waals surface area contributed by atoms with Crippen LogP contribution in [0.15, 0.2) is 47.5 Å². The van der Waals surface area contributed by atoms with Crippen LogP contribution in [0.2, 0.25) is 0 Å². The zero-order valence-corrected chi connectivity index (χ0v) is 15.6. The third-order valence-corrected chi connectivity index (χ3v) is 4.85. The number of nitrogens with zero attached hydrogens (tertiary/aromatic N) is 1. The Bertz CT molecular complexity index is 818. The molecule has 0 atom stereocenters. The number of unbranched alkanes of at least 4 members (excludes halogenated alkanes) is 1. The molecular weight excluding hydrogens is 356 g/mol. The van der Waals surface area contributed by atoms with Gasteiger partial charge in [0.15, 0.2) is 0 Å². The predicted octanol–water partition coefficient (Wildman–Crippen LogP) is 2.53. The van der Waals surface area contributed by atoms with E-state index in [1.807, 2.05) is 4.72 Å². The Morgan fingerprint density at radius 3 is 2.46 bits per heavy atom. The molecule has 0 bridgehead atoms. The van der Waals surface area contributed by atoms with E-state index < -0.39 is 15.9 Å². The van der Waals surface area contributed by atoms with Gasteiger partial charge in [0.05, 0.1) is 29.4 Å². The van der Waals surface area contributed by atoms with Crippen LogP contribution in [0.25, 0.3) is 0 Å². The maximum atomic E-state index is 12.3. The summed E-state index contributed by atoms with van der Waals surface area (Å²) in [5.41, 5.74) is 0.790. The number of sulfonamides is 1. The van der Waals surface area contributed by atoms with Gasteiger partial charge < -0.3 is 9.47 Å². The van der Waals surface area contributed by atoms with Crippen LogP contribution in [-0.2, 0) is 21.4 Å². The number of carbonyl (C=O) groups excluding carboxylic acids is 1. The van der Waals surface area contributed by atoms with Crippen molar-refractivity contribution in [3.8, 4) is 5.75 Å². The van der Waals surface area contributed by atoms with Crippen LogP contribution in [0, 0.1) is 0 Å². The molecule has 0 radical (unpaired) electrons. The molecule has 1 amide bonds. The number of hydrogen-bond donors (Lipinski definition) is 1. The average Bonchev–Trinajstić information content (AvgIpc) is 2.63. The Balaban J connectivity index is 2.03. The second-order valence-corrected chi connectivity index (χ2v) is 7.26. The molecule has 1 aromatic carbocycles. The number of methoxy groups -OCH3 is 1. The molecule has 0 aliphatic carbocycles. The Labute approximate surface area is 153 Å². The summed E-state index contributed by atoms with van der Waals surface area (Å²) in [7, 11) is -2.44. The van der Waals surface area contributed by atoms with Crippen molar-refractivity contribution in [3.63, 3.8) is 0 Å². The molecule has 0 unspecified atom stereocenters. The molecule has 0 saturated heterocycles. The molecule has 0 aliphatic rings. The number of carbonyl (C=O) groups is 1. The lowest BCUT2D eigenvalue weighted by atomic mass is 10.2. The highest BCUT2D eigenvalue weighted by Crippen LogP contribution is 2.16. The van der Waals surface area contributed by atoms with Gasteiger partial charge in [0.25, 0.3) is 15.9 Å². The fourth-order valence-corrected chi connectivity index (χ4v) is 3.06. The Hall–Kier alpha value is -2.45. The molecule has 1 heterocycles. The van der Waals surface area contributed by atoms with Crippen molar-refractivity contribution < 1.29 is 22.7 Å². The van der Waals surface area contributed by atoms with E-state index in [2.05, 4.69) is 11.9 Å². The number of aromatic nitrogens is 1. The van der Waals surface area contributed by atoms with E-state index in [0.29, 0.717) is 24.7 Å². The Morgan fingerprint density at radius 2 is 1.88 bits per heavy atom. The minimum Gasteiger partial charge on any atom is -0.494 e. The van der Waals surface area contributed by atoms with Gasteiger partial charge in [0.2, 0.25) is 0 Å². The second kappa shape index (κ2) is 9.30. The molecule has 140 valence electrons. The number of rotatable bonds is 9. The van der Waals surface area contributed by atoms with Crippen LogP contribution in [0.1, 0.15) is 35.8 Å². The molecule has 26 heavy (non-hydrogen) atoms. The largest absolute Gasteiger partial charge is 0.494 e. The number of hydrogen-bond acceptors (Lipinski definition) is 6. The van der Waals surface area contributed by atoms with Crippen LogP contribution >= 0.6 is 0 Å². The first-order valence-electron chi connectivity index (χ1n) is 8.20. The maximum Gasteiger partial charge on any atom is 0.266 e. The van der Waals surface area contributed by atoms with Crippen molar-refractivity contribution in [2.24, 2.45) is 0 Å². The lowest BCUT2D eigenvalue weighted by Crippen LogP contribution is -2.30. The van der Waals surface area contributed by atoms with Crippen molar-refractivity contribution in [2.45, 2.75) is 31.3 Å². The van der Waals surface area contributed by atoms with Crippen LogP contribution in [-0.4, -0.2) is 33.0 Å². The van der Waals surface area contributed by atoms with Gasteiger partial charge >= 0.3 is 0 Å². The molecule has 1 N–H and O–H groups in total. The highest BCUT2D eigenvalue weighted by atomic mass is 32.2. The molecule has 0 spiro atoms. The molecule has 0 aliphatic heterocycles. The van der Waals surface area contributed by atoms with Crippen molar-refractivity contribution >= 4 is 15.9 Å². The first kappa shape index (κ1) is 19.9. The van der Waals surface area contributed by atoms with Crippen molar-refractivity contribution in [2.75, 3.05) is 13.7 Å². The van der Waals surface area contributed by atoms with Gasteiger partial charge in [-0.15, -0.1) is 0 Å². The molecule has 0 fully saturated rings. The van der Waals surface area contributed by atoms with Gasteiger partial charge in [-0.3, -0.25) is 9.78 Å². The number of amides is 1. The smallest absolute Gasteiger partial charge is 0.266 e. The highest BCUT2D eigenvalue weighted by Gasteiger charge is 2.19. The minimum absolute atomic E-state index is 0.0161. The molecule has 8 heteroatoms. The van der Waals surface area contributed by atoms with E-state index in [1.165, 1.54) is 31.5 Å². The van der Waals surface area contributed by atoms with Gasteiger partial charge in [0, 0.05) is 13.3 Å². The Kier molecular flexibility index (Phi) is 7.11. The van der Waals surface area contributed by atoms with E-state index in [-0.39, 0.29) is 10.5 Å². The summed E-state index contributed by atoms with van der Waals surface area (Å²) in [6.07, 6.45) is 3.25. The van der Waals surface area contributed by atoms with Crippen LogP contribution in [0.3, 0.4) is 0 Å². The van der Waals surface area contributed by atoms with E-state index in [9.17, 15) is 13.2 Å². The van der Waals surface area contributed by atoms with Gasteiger partial charge in [-0.1, -0.05) is 13.3 Å². The van der Waals surface area contributed by atoms with E-state index in [1.54, 1.807) is 18.2 Å². The average molecular weight is 378 g/mol. The molecule has 0 saturated carbocycles. The highest BCUT2D eigenvalue weighted by molar-refractivity contribution is 7.90. The quantitative estimate of drug-likeness (QED) is 0.674. The van der Waals surface area contributed by atoms with E-state index in [0.717, 1.165) is 12.8 Å². The first-order valence-corrected chi connectivity index (χ1v) is 9.68. The van der Waals surface area contributed by atoms with E-state index >= 15 is 0 Å². The lowest BCUT2D eigenvalue weighted by Gasteiger charge is -2.09. The number of benzene rings is 1. The van der Waals surface area contributed by atoms with Crippen LogP contribution < -0.4 is 9.46 Å². The summed E-state index contributed by atoms with van der Waals surface area (Å²) >= 11 is 0. The molecule has 2 aromatic rings. The molecule has 1 aromatic heterocycles. The normalized spacial score (nSPS) is 11.2.